The molecule has 6 heteroatoms. The molecule has 0 atom stereocenters. The lowest BCUT2D eigenvalue weighted by Crippen LogP contribution is -2.34. The summed E-state index contributed by atoms with van der Waals surface area (Å²) in [5.41, 5.74) is 1.14. The molecule has 0 aliphatic heterocycles. The van der Waals surface area contributed by atoms with E-state index in [0.717, 1.165) is 17.7 Å². The summed E-state index contributed by atoms with van der Waals surface area (Å²) in [6.45, 7) is 6.51. The molecule has 0 aliphatic rings. The molecule has 1 N–H and O–H groups in total. The number of hydrogen-bond donors (Lipinski definition) is 1. The zero-order chi connectivity index (χ0) is 18.4. The van der Waals surface area contributed by atoms with E-state index in [1.165, 1.54) is 10.6 Å². The highest BCUT2D eigenvalue weighted by Crippen LogP contribution is 2.20. The normalized spacial score (nSPS) is 10.8. The van der Waals surface area contributed by atoms with E-state index >= 15 is 0 Å². The molecule has 0 bridgehead atoms. The molecule has 0 radical (unpaired) electrons. The lowest BCUT2D eigenvalue weighted by molar-refractivity contribution is -0.121. The summed E-state index contributed by atoms with van der Waals surface area (Å²) in [4.78, 5) is 29.1. The van der Waals surface area contributed by atoms with Crippen molar-refractivity contribution in [2.75, 3.05) is 13.7 Å². The van der Waals surface area contributed by atoms with Crippen LogP contribution in [0.4, 0.5) is 0 Å². The number of carbonyl (C=O) groups excluding carboxylic acids is 1. The van der Waals surface area contributed by atoms with Gasteiger partial charge in [0.1, 0.15) is 18.1 Å². The summed E-state index contributed by atoms with van der Waals surface area (Å²) >= 11 is 0. The molecule has 25 heavy (non-hydrogen) atoms. The first kappa shape index (κ1) is 18.7. The van der Waals surface area contributed by atoms with Crippen molar-refractivity contribution in [3.8, 4) is 17.1 Å². The highest BCUT2D eigenvalue weighted by Gasteiger charge is 2.13. The van der Waals surface area contributed by atoms with Crippen LogP contribution in [0.3, 0.4) is 0 Å². The number of carbonyl (C=O) groups is 1. The van der Waals surface area contributed by atoms with E-state index in [9.17, 15) is 9.59 Å². The van der Waals surface area contributed by atoms with Crippen LogP contribution in [0.1, 0.15) is 26.0 Å². The van der Waals surface area contributed by atoms with Crippen LogP contribution < -0.4 is 15.6 Å². The quantitative estimate of drug-likeness (QED) is 0.838. The number of rotatable bonds is 7. The van der Waals surface area contributed by atoms with E-state index in [2.05, 4.69) is 24.1 Å². The van der Waals surface area contributed by atoms with E-state index in [1.807, 2.05) is 12.1 Å². The minimum Gasteiger partial charge on any atom is -0.497 e. The van der Waals surface area contributed by atoms with Crippen molar-refractivity contribution in [1.29, 1.82) is 0 Å². The van der Waals surface area contributed by atoms with Gasteiger partial charge in [0, 0.05) is 23.9 Å². The number of aromatic nitrogens is 2. The van der Waals surface area contributed by atoms with Crippen molar-refractivity contribution in [3.63, 3.8) is 0 Å². The van der Waals surface area contributed by atoms with E-state index in [1.54, 1.807) is 26.2 Å². The third kappa shape index (κ3) is 5.17. The van der Waals surface area contributed by atoms with Crippen LogP contribution in [0.5, 0.6) is 5.75 Å². The van der Waals surface area contributed by atoms with E-state index in [4.69, 9.17) is 4.74 Å². The van der Waals surface area contributed by atoms with Gasteiger partial charge < -0.3 is 10.1 Å². The first-order valence-corrected chi connectivity index (χ1v) is 8.40. The third-order valence-corrected chi connectivity index (χ3v) is 3.83. The number of hydrogen-bond acceptors (Lipinski definition) is 4. The Hall–Kier alpha value is -2.63. The molecular formula is C19H25N3O3. The van der Waals surface area contributed by atoms with Crippen molar-refractivity contribution in [3.05, 3.63) is 46.4 Å². The molecule has 1 aromatic carbocycles. The molecule has 2 aromatic rings. The SMILES string of the molecule is COc1ccc(-c2nc(C)cc(=O)n2CC(=O)NCCC(C)C)cc1. The molecule has 2 rings (SSSR count). The number of methoxy groups -OCH3 is 1. The Morgan fingerprint density at radius 2 is 1.96 bits per heavy atom. The van der Waals surface area contributed by atoms with Gasteiger partial charge in [0.15, 0.2) is 0 Å². The summed E-state index contributed by atoms with van der Waals surface area (Å²) in [6.07, 6.45) is 0.901. The lowest BCUT2D eigenvalue weighted by Gasteiger charge is -2.13. The zero-order valence-corrected chi connectivity index (χ0v) is 15.2. The summed E-state index contributed by atoms with van der Waals surface area (Å²) < 4.78 is 6.56. The smallest absolute Gasteiger partial charge is 0.254 e. The van der Waals surface area contributed by atoms with Crippen molar-refractivity contribution in [2.24, 2.45) is 5.92 Å². The van der Waals surface area contributed by atoms with Crippen LogP contribution in [0.15, 0.2) is 35.1 Å². The zero-order valence-electron chi connectivity index (χ0n) is 15.2. The number of nitrogens with zero attached hydrogens (tertiary/aromatic N) is 2. The van der Waals surface area contributed by atoms with Crippen LogP contribution in [0, 0.1) is 12.8 Å². The minimum absolute atomic E-state index is 0.0500. The van der Waals surface area contributed by atoms with Crippen molar-refractivity contribution >= 4 is 5.91 Å². The highest BCUT2D eigenvalue weighted by molar-refractivity contribution is 5.76. The van der Waals surface area contributed by atoms with E-state index < -0.39 is 0 Å². The largest absolute Gasteiger partial charge is 0.497 e. The first-order chi connectivity index (χ1) is 11.9. The van der Waals surface area contributed by atoms with E-state index in [0.29, 0.717) is 24.0 Å². The predicted molar refractivity (Wildman–Crippen MR) is 97.7 cm³/mol. The molecule has 134 valence electrons. The second kappa shape index (κ2) is 8.46. The molecule has 0 spiro atoms. The molecular weight excluding hydrogens is 318 g/mol. The number of aryl methyl sites for hydroxylation is 1. The third-order valence-electron chi connectivity index (χ3n) is 3.83. The average molecular weight is 343 g/mol. The van der Waals surface area contributed by atoms with Crippen molar-refractivity contribution in [2.45, 2.75) is 33.7 Å². The molecule has 1 amide bonds. The lowest BCUT2D eigenvalue weighted by atomic mass is 10.1. The van der Waals surface area contributed by atoms with Crippen molar-refractivity contribution in [1.82, 2.24) is 14.9 Å². The standard InChI is InChI=1S/C19H25N3O3/c1-13(2)9-10-20-17(23)12-22-18(24)11-14(3)21-19(22)15-5-7-16(25-4)8-6-15/h5-8,11,13H,9-10,12H2,1-4H3,(H,20,23). The monoisotopic (exact) mass is 343 g/mol. The molecule has 0 saturated heterocycles. The summed E-state index contributed by atoms with van der Waals surface area (Å²) in [5.74, 6) is 1.52. The molecule has 0 unspecified atom stereocenters. The van der Waals surface area contributed by atoms with Gasteiger partial charge in [-0.25, -0.2) is 4.98 Å². The maximum atomic E-state index is 12.4. The van der Waals surface area contributed by atoms with Gasteiger partial charge in [0.2, 0.25) is 5.91 Å². The summed E-state index contributed by atoms with van der Waals surface area (Å²) in [6, 6.07) is 8.70. The maximum Gasteiger partial charge on any atom is 0.254 e. The predicted octanol–water partition coefficient (Wildman–Crippen LogP) is 2.39. The number of ether oxygens (including phenoxy) is 1. The van der Waals surface area contributed by atoms with E-state index in [-0.39, 0.29) is 18.0 Å². The van der Waals surface area contributed by atoms with Gasteiger partial charge in [0.25, 0.3) is 5.56 Å². The second-order valence-corrected chi connectivity index (χ2v) is 6.41. The van der Waals surface area contributed by atoms with Gasteiger partial charge in [-0.1, -0.05) is 13.8 Å². The second-order valence-electron chi connectivity index (χ2n) is 6.41. The van der Waals surface area contributed by atoms with Gasteiger partial charge in [-0.05, 0) is 43.5 Å². The molecule has 0 fully saturated rings. The molecule has 1 heterocycles. The summed E-state index contributed by atoms with van der Waals surface area (Å²) in [5, 5.41) is 2.85. The summed E-state index contributed by atoms with van der Waals surface area (Å²) in [7, 11) is 1.59. The van der Waals surface area contributed by atoms with Crippen LogP contribution >= 0.6 is 0 Å². The van der Waals surface area contributed by atoms with Gasteiger partial charge in [-0.3, -0.25) is 14.2 Å². The number of benzene rings is 1. The highest BCUT2D eigenvalue weighted by atomic mass is 16.5. The molecule has 0 saturated carbocycles. The maximum absolute atomic E-state index is 12.4. The Bertz CT molecular complexity index is 779. The van der Waals surface area contributed by atoms with Gasteiger partial charge >= 0.3 is 0 Å². The van der Waals surface area contributed by atoms with Gasteiger partial charge in [-0.15, -0.1) is 0 Å². The Labute approximate surface area is 147 Å². The fraction of sp³-hybridized carbons (Fsp3) is 0.421. The first-order valence-electron chi connectivity index (χ1n) is 8.40. The van der Waals surface area contributed by atoms with Crippen molar-refractivity contribution < 1.29 is 9.53 Å². The average Bonchev–Trinajstić information content (AvgIpc) is 2.57. The van der Waals surface area contributed by atoms with Crippen LogP contribution in [0.25, 0.3) is 11.4 Å². The fourth-order valence-corrected chi connectivity index (χ4v) is 2.43. The Balaban J connectivity index is 2.27. The Kier molecular flexibility index (Phi) is 6.33. The number of nitrogens with one attached hydrogen (secondary N) is 1. The Morgan fingerprint density at radius 3 is 2.56 bits per heavy atom. The van der Waals surface area contributed by atoms with Gasteiger partial charge in [-0.2, -0.15) is 0 Å². The molecule has 0 aliphatic carbocycles. The number of amides is 1. The van der Waals surface area contributed by atoms with Gasteiger partial charge in [0.05, 0.1) is 7.11 Å². The van der Waals surface area contributed by atoms with Crippen LogP contribution in [0.2, 0.25) is 0 Å². The minimum atomic E-state index is -0.239. The van der Waals surface area contributed by atoms with Crippen LogP contribution in [-0.2, 0) is 11.3 Å². The molecule has 1 aromatic heterocycles. The Morgan fingerprint density at radius 1 is 1.28 bits per heavy atom. The topological polar surface area (TPSA) is 73.2 Å². The molecule has 6 nitrogen and oxygen atoms in total. The fourth-order valence-electron chi connectivity index (χ4n) is 2.43. The van der Waals surface area contributed by atoms with Crippen LogP contribution in [-0.4, -0.2) is 29.1 Å².